The van der Waals surface area contributed by atoms with E-state index < -0.39 is 17.8 Å². The first kappa shape index (κ1) is 20.2. The SMILES string of the molecule is COC(=O)/C=C(/Nc1cc(C(N)=O)ccc1N1CCN(C)CC1)C(=O)OC. The number of carbonyl (C=O) groups excluding carboxylic acids is 3. The molecule has 27 heavy (non-hydrogen) atoms. The molecule has 1 amide bonds. The number of piperazine rings is 1. The molecule has 0 unspecified atom stereocenters. The maximum atomic E-state index is 12.0. The second-order valence-corrected chi connectivity index (χ2v) is 6.08. The van der Waals surface area contributed by atoms with Crippen LogP contribution in [0.2, 0.25) is 0 Å². The minimum atomic E-state index is -0.741. The number of nitrogens with zero attached hydrogens (tertiary/aromatic N) is 2. The summed E-state index contributed by atoms with van der Waals surface area (Å²) in [5, 5.41) is 2.89. The molecule has 0 aliphatic carbocycles. The van der Waals surface area contributed by atoms with Crippen molar-refractivity contribution in [3.05, 3.63) is 35.5 Å². The number of rotatable bonds is 6. The van der Waals surface area contributed by atoms with E-state index in [-0.39, 0.29) is 11.3 Å². The van der Waals surface area contributed by atoms with Gasteiger partial charge in [-0.1, -0.05) is 0 Å². The highest BCUT2D eigenvalue weighted by Crippen LogP contribution is 2.29. The Morgan fingerprint density at radius 3 is 2.33 bits per heavy atom. The van der Waals surface area contributed by atoms with Crippen LogP contribution < -0.4 is 16.0 Å². The Kier molecular flexibility index (Phi) is 6.78. The zero-order chi connectivity index (χ0) is 20.0. The predicted octanol–water partition coefficient (Wildman–Crippen LogP) is 0.179. The van der Waals surface area contributed by atoms with Gasteiger partial charge in [-0.15, -0.1) is 0 Å². The molecule has 9 nitrogen and oxygen atoms in total. The first-order valence-electron chi connectivity index (χ1n) is 8.38. The number of amides is 1. The Hall–Kier alpha value is -3.07. The molecule has 1 aromatic carbocycles. The van der Waals surface area contributed by atoms with Crippen LogP contribution in [0, 0.1) is 0 Å². The van der Waals surface area contributed by atoms with Crippen molar-refractivity contribution in [1.29, 1.82) is 0 Å². The molecule has 1 fully saturated rings. The predicted molar refractivity (Wildman–Crippen MR) is 100 cm³/mol. The van der Waals surface area contributed by atoms with E-state index in [0.29, 0.717) is 5.69 Å². The van der Waals surface area contributed by atoms with Gasteiger partial charge >= 0.3 is 11.9 Å². The van der Waals surface area contributed by atoms with E-state index in [9.17, 15) is 14.4 Å². The Balaban J connectivity index is 2.42. The van der Waals surface area contributed by atoms with E-state index >= 15 is 0 Å². The summed E-state index contributed by atoms with van der Waals surface area (Å²) < 4.78 is 9.30. The van der Waals surface area contributed by atoms with Crippen LogP contribution >= 0.6 is 0 Å². The van der Waals surface area contributed by atoms with Crippen molar-refractivity contribution in [2.45, 2.75) is 0 Å². The number of likely N-dealkylation sites (N-methyl/N-ethyl adjacent to an activating group) is 1. The first-order valence-corrected chi connectivity index (χ1v) is 8.38. The van der Waals surface area contributed by atoms with Crippen molar-refractivity contribution in [1.82, 2.24) is 4.90 Å². The lowest BCUT2D eigenvalue weighted by molar-refractivity contribution is -0.138. The number of carbonyl (C=O) groups is 3. The number of benzene rings is 1. The number of primary amides is 1. The lowest BCUT2D eigenvalue weighted by atomic mass is 10.1. The third kappa shape index (κ3) is 5.20. The zero-order valence-corrected chi connectivity index (χ0v) is 15.7. The smallest absolute Gasteiger partial charge is 0.354 e. The molecule has 0 aromatic heterocycles. The number of ether oxygens (including phenoxy) is 2. The van der Waals surface area contributed by atoms with Gasteiger partial charge in [0.2, 0.25) is 5.91 Å². The van der Waals surface area contributed by atoms with Crippen molar-refractivity contribution in [3.8, 4) is 0 Å². The topological polar surface area (TPSA) is 114 Å². The molecule has 0 saturated carbocycles. The van der Waals surface area contributed by atoms with Gasteiger partial charge in [0.1, 0.15) is 5.70 Å². The van der Waals surface area contributed by atoms with Crippen LogP contribution in [0.4, 0.5) is 11.4 Å². The molecule has 3 N–H and O–H groups in total. The number of hydrogen-bond donors (Lipinski definition) is 2. The number of nitrogens with one attached hydrogen (secondary N) is 1. The standard InChI is InChI=1S/C18H24N4O5/c1-21-6-8-22(9-7-21)15-5-4-12(17(19)24)10-13(15)20-14(18(25)27-3)11-16(23)26-2/h4-5,10-11,20H,6-9H2,1-3H3,(H2,19,24)/b14-11+. The summed E-state index contributed by atoms with van der Waals surface area (Å²) in [4.78, 5) is 39.5. The average molecular weight is 376 g/mol. The molecule has 1 saturated heterocycles. The number of nitrogens with two attached hydrogens (primary N) is 1. The molecular weight excluding hydrogens is 352 g/mol. The van der Waals surface area contributed by atoms with Gasteiger partial charge < -0.3 is 30.3 Å². The number of hydrogen-bond acceptors (Lipinski definition) is 8. The second-order valence-electron chi connectivity index (χ2n) is 6.08. The molecule has 1 aromatic rings. The molecule has 1 aliphatic heterocycles. The second kappa shape index (κ2) is 9.04. The zero-order valence-electron chi connectivity index (χ0n) is 15.7. The average Bonchev–Trinajstić information content (AvgIpc) is 2.67. The van der Waals surface area contributed by atoms with Gasteiger partial charge in [-0.2, -0.15) is 0 Å². The normalized spacial score (nSPS) is 15.2. The highest BCUT2D eigenvalue weighted by molar-refractivity contribution is 6.00. The maximum absolute atomic E-state index is 12.0. The van der Waals surface area contributed by atoms with E-state index in [2.05, 4.69) is 19.9 Å². The van der Waals surface area contributed by atoms with Gasteiger partial charge in [-0.25, -0.2) is 9.59 Å². The number of esters is 2. The van der Waals surface area contributed by atoms with E-state index in [4.69, 9.17) is 10.5 Å². The van der Waals surface area contributed by atoms with Gasteiger partial charge in [0, 0.05) is 31.7 Å². The molecular formula is C18H24N4O5. The minimum absolute atomic E-state index is 0.110. The van der Waals surface area contributed by atoms with E-state index in [0.717, 1.165) is 37.9 Å². The fourth-order valence-corrected chi connectivity index (χ4v) is 2.69. The molecule has 2 rings (SSSR count). The number of anilines is 2. The molecule has 0 radical (unpaired) electrons. The largest absolute Gasteiger partial charge is 0.466 e. The summed E-state index contributed by atoms with van der Waals surface area (Å²) in [5.41, 5.74) is 6.80. The van der Waals surface area contributed by atoms with Gasteiger partial charge in [0.05, 0.1) is 31.7 Å². The van der Waals surface area contributed by atoms with Crippen LogP contribution in [-0.4, -0.2) is 70.2 Å². The van der Waals surface area contributed by atoms with Crippen LogP contribution in [0.1, 0.15) is 10.4 Å². The third-order valence-corrected chi connectivity index (χ3v) is 4.26. The molecule has 0 atom stereocenters. The highest BCUT2D eigenvalue weighted by Gasteiger charge is 2.21. The van der Waals surface area contributed by atoms with E-state index in [1.807, 2.05) is 7.05 Å². The van der Waals surface area contributed by atoms with Gasteiger partial charge in [0.15, 0.2) is 0 Å². The molecule has 1 heterocycles. The summed E-state index contributed by atoms with van der Waals surface area (Å²) in [5.74, 6) is -2.05. The van der Waals surface area contributed by atoms with Crippen molar-refractivity contribution < 1.29 is 23.9 Å². The van der Waals surface area contributed by atoms with Crippen molar-refractivity contribution in [3.63, 3.8) is 0 Å². The van der Waals surface area contributed by atoms with Crippen LogP contribution in [0.25, 0.3) is 0 Å². The lowest BCUT2D eigenvalue weighted by Crippen LogP contribution is -2.44. The summed E-state index contributed by atoms with van der Waals surface area (Å²) in [6, 6.07) is 4.94. The quantitative estimate of drug-likeness (QED) is 0.534. The lowest BCUT2D eigenvalue weighted by Gasteiger charge is -2.35. The van der Waals surface area contributed by atoms with Crippen LogP contribution in [-0.2, 0) is 19.1 Å². The minimum Gasteiger partial charge on any atom is -0.466 e. The van der Waals surface area contributed by atoms with Crippen LogP contribution in [0.5, 0.6) is 0 Å². The summed E-state index contributed by atoms with van der Waals surface area (Å²) in [6.45, 7) is 3.29. The number of methoxy groups -OCH3 is 2. The fraction of sp³-hybridized carbons (Fsp3) is 0.389. The highest BCUT2D eigenvalue weighted by atomic mass is 16.5. The molecule has 0 spiro atoms. The monoisotopic (exact) mass is 376 g/mol. The Morgan fingerprint density at radius 1 is 1.11 bits per heavy atom. The summed E-state index contributed by atoms with van der Waals surface area (Å²) in [7, 11) is 4.45. The van der Waals surface area contributed by atoms with Gasteiger partial charge in [-0.3, -0.25) is 4.79 Å². The van der Waals surface area contributed by atoms with E-state index in [1.165, 1.54) is 14.2 Å². The van der Waals surface area contributed by atoms with Gasteiger partial charge in [0.25, 0.3) is 0 Å². The maximum Gasteiger partial charge on any atom is 0.354 e. The molecule has 0 bridgehead atoms. The van der Waals surface area contributed by atoms with Crippen molar-refractivity contribution in [2.24, 2.45) is 5.73 Å². The molecule has 146 valence electrons. The van der Waals surface area contributed by atoms with Crippen LogP contribution in [0.3, 0.4) is 0 Å². The third-order valence-electron chi connectivity index (χ3n) is 4.26. The Labute approximate surface area is 157 Å². The van der Waals surface area contributed by atoms with Gasteiger partial charge in [-0.05, 0) is 25.2 Å². The molecule has 9 heteroatoms. The first-order chi connectivity index (χ1) is 12.8. The fourth-order valence-electron chi connectivity index (χ4n) is 2.69. The molecule has 1 aliphatic rings. The van der Waals surface area contributed by atoms with Crippen molar-refractivity contribution in [2.75, 3.05) is 57.7 Å². The van der Waals surface area contributed by atoms with Crippen LogP contribution in [0.15, 0.2) is 30.0 Å². The van der Waals surface area contributed by atoms with E-state index in [1.54, 1.807) is 18.2 Å². The summed E-state index contributed by atoms with van der Waals surface area (Å²) >= 11 is 0. The Morgan fingerprint density at radius 2 is 1.78 bits per heavy atom. The van der Waals surface area contributed by atoms with Crippen molar-refractivity contribution >= 4 is 29.2 Å². The summed E-state index contributed by atoms with van der Waals surface area (Å²) in [6.07, 6.45) is 0.997. The Bertz CT molecular complexity index is 754.